The number of hydrogen-bond donors (Lipinski definition) is 1. The fourth-order valence-corrected chi connectivity index (χ4v) is 5.32. The van der Waals surface area contributed by atoms with E-state index < -0.39 is 0 Å². The highest BCUT2D eigenvalue weighted by Crippen LogP contribution is 2.42. The summed E-state index contributed by atoms with van der Waals surface area (Å²) >= 11 is 1.47. The number of carbonyl (C=O) groups excluding carboxylic acids is 2. The maximum absolute atomic E-state index is 12.6. The standard InChI is InChI=1S/C27H30N6O2S/c1-6-18-16-19(26(35)32(4)5)11-14-23(18)33-24-20(21(31-33)10-8-9-15-28-7-2)12-13-22-25(24)36-27(30-22)29-17(3)34/h7-11,14-16H,6,12-13H2,1-5H3,(H,29,30,34)/b10-8+,15-9-,28-7?. The summed E-state index contributed by atoms with van der Waals surface area (Å²) in [5, 5.41) is 8.44. The summed E-state index contributed by atoms with van der Waals surface area (Å²) in [6.45, 7) is 5.43. The first-order valence-electron chi connectivity index (χ1n) is 11.9. The molecule has 4 rings (SSSR count). The molecule has 0 fully saturated rings. The number of aryl methyl sites for hydroxylation is 2. The number of aromatic nitrogens is 3. The number of amides is 2. The zero-order valence-corrected chi connectivity index (χ0v) is 22.0. The van der Waals surface area contributed by atoms with Gasteiger partial charge >= 0.3 is 0 Å². The van der Waals surface area contributed by atoms with Gasteiger partial charge < -0.3 is 10.2 Å². The van der Waals surface area contributed by atoms with Crippen molar-refractivity contribution in [1.29, 1.82) is 0 Å². The van der Waals surface area contributed by atoms with E-state index in [0.717, 1.165) is 58.0 Å². The van der Waals surface area contributed by atoms with Crippen molar-refractivity contribution in [2.24, 2.45) is 4.99 Å². The number of allylic oxidation sites excluding steroid dienone is 2. The Morgan fingerprint density at radius 1 is 1.25 bits per heavy atom. The van der Waals surface area contributed by atoms with E-state index in [9.17, 15) is 9.59 Å². The average molecular weight is 503 g/mol. The lowest BCUT2D eigenvalue weighted by molar-refractivity contribution is -0.114. The topological polar surface area (TPSA) is 92.5 Å². The third kappa shape index (κ3) is 5.06. The normalized spacial score (nSPS) is 12.9. The van der Waals surface area contributed by atoms with Crippen LogP contribution in [0, 0.1) is 0 Å². The average Bonchev–Trinajstić information content (AvgIpc) is 3.43. The van der Waals surface area contributed by atoms with Crippen molar-refractivity contribution in [2.45, 2.75) is 40.0 Å². The second kappa shape index (κ2) is 10.8. The van der Waals surface area contributed by atoms with Crippen LogP contribution in [0.25, 0.3) is 22.3 Å². The Bertz CT molecular complexity index is 1390. The molecule has 36 heavy (non-hydrogen) atoms. The molecule has 0 aliphatic heterocycles. The number of benzene rings is 1. The lowest BCUT2D eigenvalue weighted by Crippen LogP contribution is -2.22. The first-order chi connectivity index (χ1) is 17.3. The molecule has 3 aromatic rings. The molecular weight excluding hydrogens is 472 g/mol. The molecule has 1 aliphatic carbocycles. The van der Waals surface area contributed by atoms with Gasteiger partial charge in [-0.25, -0.2) is 9.67 Å². The predicted octanol–water partition coefficient (Wildman–Crippen LogP) is 4.93. The third-order valence-corrected chi connectivity index (χ3v) is 6.87. The van der Waals surface area contributed by atoms with Gasteiger partial charge in [0.15, 0.2) is 5.13 Å². The van der Waals surface area contributed by atoms with E-state index in [4.69, 9.17) is 5.10 Å². The van der Waals surface area contributed by atoms with E-state index in [-0.39, 0.29) is 11.8 Å². The maximum atomic E-state index is 12.6. The number of carbonyl (C=O) groups is 2. The minimum atomic E-state index is -0.144. The molecule has 0 spiro atoms. The minimum Gasteiger partial charge on any atom is -0.345 e. The van der Waals surface area contributed by atoms with E-state index in [2.05, 4.69) is 22.2 Å². The smallest absolute Gasteiger partial charge is 0.253 e. The molecule has 0 saturated carbocycles. The van der Waals surface area contributed by atoms with Crippen molar-refractivity contribution in [3.63, 3.8) is 0 Å². The second-order valence-electron chi connectivity index (χ2n) is 8.60. The van der Waals surface area contributed by atoms with Crippen LogP contribution < -0.4 is 5.32 Å². The molecule has 186 valence electrons. The Kier molecular flexibility index (Phi) is 7.59. The first kappa shape index (κ1) is 25.2. The van der Waals surface area contributed by atoms with E-state index in [1.807, 2.05) is 48.0 Å². The number of anilines is 1. The van der Waals surface area contributed by atoms with Gasteiger partial charge in [-0.3, -0.25) is 14.6 Å². The third-order valence-electron chi connectivity index (χ3n) is 5.85. The summed E-state index contributed by atoms with van der Waals surface area (Å²) in [4.78, 5) is 35.6. The summed E-state index contributed by atoms with van der Waals surface area (Å²) < 4.78 is 1.97. The Balaban J connectivity index is 1.88. The van der Waals surface area contributed by atoms with Crippen molar-refractivity contribution in [3.05, 3.63) is 64.6 Å². The highest BCUT2D eigenvalue weighted by atomic mass is 32.1. The predicted molar refractivity (Wildman–Crippen MR) is 146 cm³/mol. The number of aliphatic imine (C=N–C) groups is 1. The Morgan fingerprint density at radius 2 is 2.06 bits per heavy atom. The molecule has 0 bridgehead atoms. The van der Waals surface area contributed by atoms with Gasteiger partial charge in [-0.2, -0.15) is 5.10 Å². The van der Waals surface area contributed by atoms with Crippen LogP contribution in [0.3, 0.4) is 0 Å². The zero-order chi connectivity index (χ0) is 25.8. The molecule has 0 unspecified atom stereocenters. The van der Waals surface area contributed by atoms with E-state index >= 15 is 0 Å². The Morgan fingerprint density at radius 3 is 2.75 bits per heavy atom. The van der Waals surface area contributed by atoms with Crippen LogP contribution in [0.15, 0.2) is 41.5 Å². The highest BCUT2D eigenvalue weighted by molar-refractivity contribution is 7.19. The van der Waals surface area contributed by atoms with E-state index in [0.29, 0.717) is 10.7 Å². The lowest BCUT2D eigenvalue weighted by Gasteiger charge is -2.17. The van der Waals surface area contributed by atoms with Gasteiger partial charge in [-0.15, -0.1) is 0 Å². The van der Waals surface area contributed by atoms with Crippen LogP contribution in [-0.2, 0) is 24.1 Å². The van der Waals surface area contributed by atoms with Gasteiger partial charge in [-0.1, -0.05) is 24.3 Å². The van der Waals surface area contributed by atoms with Crippen molar-refractivity contribution in [3.8, 4) is 16.3 Å². The number of fused-ring (bicyclic) bond motifs is 3. The van der Waals surface area contributed by atoms with E-state index in [1.54, 1.807) is 31.4 Å². The maximum Gasteiger partial charge on any atom is 0.253 e. The number of thiazole rings is 1. The van der Waals surface area contributed by atoms with Crippen molar-refractivity contribution in [1.82, 2.24) is 19.7 Å². The number of nitrogens with one attached hydrogen (secondary N) is 1. The first-order valence-corrected chi connectivity index (χ1v) is 12.7. The number of hydrogen-bond acceptors (Lipinski definition) is 6. The molecule has 0 saturated heterocycles. The summed E-state index contributed by atoms with van der Waals surface area (Å²) in [6.07, 6.45) is 11.6. The molecule has 1 N–H and O–H groups in total. The SMILES string of the molecule is CC=N/C=C\C=C\c1nn(-c2ccc(C(=O)N(C)C)cc2CC)c2c1CCc1nc(NC(C)=O)sc1-2. The lowest BCUT2D eigenvalue weighted by atomic mass is 9.97. The zero-order valence-electron chi connectivity index (χ0n) is 21.2. The van der Waals surface area contributed by atoms with Crippen molar-refractivity contribution in [2.75, 3.05) is 19.4 Å². The molecule has 0 atom stereocenters. The highest BCUT2D eigenvalue weighted by Gasteiger charge is 2.29. The summed E-state index contributed by atoms with van der Waals surface area (Å²) in [7, 11) is 3.51. The van der Waals surface area contributed by atoms with Gasteiger partial charge in [0.05, 0.1) is 27.6 Å². The summed E-state index contributed by atoms with van der Waals surface area (Å²) in [5.74, 6) is -0.178. The van der Waals surface area contributed by atoms with Gasteiger partial charge in [0.2, 0.25) is 5.91 Å². The van der Waals surface area contributed by atoms with Crippen molar-refractivity contribution >= 4 is 40.6 Å². The summed E-state index contributed by atoms with van der Waals surface area (Å²) in [5.41, 5.74) is 6.57. The molecule has 9 heteroatoms. The van der Waals surface area contributed by atoms with Crippen LogP contribution in [0.5, 0.6) is 0 Å². The van der Waals surface area contributed by atoms with Crippen LogP contribution in [0.4, 0.5) is 5.13 Å². The van der Waals surface area contributed by atoms with Crippen molar-refractivity contribution < 1.29 is 9.59 Å². The quantitative estimate of drug-likeness (QED) is 0.366. The van der Waals surface area contributed by atoms with Gasteiger partial charge in [0.25, 0.3) is 5.91 Å². The monoisotopic (exact) mass is 502 g/mol. The fraction of sp³-hybridized carbons (Fsp3) is 0.296. The van der Waals surface area contributed by atoms with Crippen LogP contribution >= 0.6 is 11.3 Å². The number of rotatable bonds is 7. The minimum absolute atomic E-state index is 0.0337. The Hall–Kier alpha value is -3.85. The molecule has 2 heterocycles. The molecule has 0 radical (unpaired) electrons. The number of nitrogens with zero attached hydrogens (tertiary/aromatic N) is 5. The fourth-order valence-electron chi connectivity index (χ4n) is 4.21. The molecule has 8 nitrogen and oxygen atoms in total. The second-order valence-corrected chi connectivity index (χ2v) is 9.60. The molecular formula is C27H30N6O2S. The molecule has 1 aliphatic rings. The molecule has 2 aromatic heterocycles. The largest absolute Gasteiger partial charge is 0.345 e. The molecule has 1 aromatic carbocycles. The van der Waals surface area contributed by atoms with Gasteiger partial charge in [0.1, 0.15) is 0 Å². The van der Waals surface area contributed by atoms with E-state index in [1.165, 1.54) is 18.3 Å². The van der Waals surface area contributed by atoms with Gasteiger partial charge in [-0.05, 0) is 62.1 Å². The van der Waals surface area contributed by atoms with Gasteiger partial charge in [0, 0.05) is 44.6 Å². The van der Waals surface area contributed by atoms with Crippen LogP contribution in [-0.4, -0.2) is 51.8 Å². The Labute approximate surface area is 215 Å². The van der Waals surface area contributed by atoms with Crippen LogP contribution in [0.2, 0.25) is 0 Å². The van der Waals surface area contributed by atoms with Crippen LogP contribution in [0.1, 0.15) is 53.6 Å². The molecule has 2 amide bonds. The summed E-state index contributed by atoms with van der Waals surface area (Å²) in [6, 6.07) is 5.77.